The molecule has 1 fully saturated rings. The number of carbonyl (C=O) groups excluding carboxylic acids is 3. The van der Waals surface area contributed by atoms with Crippen LogP contribution in [0.15, 0.2) is 27.2 Å². The van der Waals surface area contributed by atoms with Crippen LogP contribution in [-0.4, -0.2) is 78.5 Å². The van der Waals surface area contributed by atoms with Crippen LogP contribution in [0.25, 0.3) is 31.3 Å². The van der Waals surface area contributed by atoms with Gasteiger partial charge in [0, 0.05) is 35.5 Å². The van der Waals surface area contributed by atoms with Gasteiger partial charge in [0.05, 0.1) is 18.2 Å². The third-order valence-electron chi connectivity index (χ3n) is 5.05. The van der Waals surface area contributed by atoms with E-state index in [2.05, 4.69) is 30.1 Å². The van der Waals surface area contributed by atoms with E-state index in [1.807, 2.05) is 0 Å². The molecule has 18 nitrogen and oxygen atoms in total. The highest BCUT2D eigenvalue weighted by atomic mass is 16.7. The van der Waals surface area contributed by atoms with Crippen LogP contribution >= 0.6 is 0 Å². The van der Waals surface area contributed by atoms with Gasteiger partial charge in [0.1, 0.15) is 36.7 Å². The van der Waals surface area contributed by atoms with Gasteiger partial charge in [0.2, 0.25) is 6.29 Å². The average molecular weight is 509 g/mol. The van der Waals surface area contributed by atoms with Crippen LogP contribution in [0.5, 0.6) is 0 Å². The van der Waals surface area contributed by atoms with Crippen LogP contribution in [0.4, 0.5) is 0 Å². The number of hydrogen-bond acceptors (Lipinski definition) is 12. The zero-order chi connectivity index (χ0) is 26.8. The van der Waals surface area contributed by atoms with Crippen LogP contribution in [0, 0.1) is 0 Å². The molecule has 36 heavy (non-hydrogen) atoms. The lowest BCUT2D eigenvalue weighted by Gasteiger charge is -2.43. The van der Waals surface area contributed by atoms with Gasteiger partial charge < -0.3 is 28.8 Å². The van der Waals surface area contributed by atoms with E-state index >= 15 is 0 Å². The molecule has 194 valence electrons. The van der Waals surface area contributed by atoms with Crippen molar-refractivity contribution >= 4 is 17.9 Å². The maximum Gasteiger partial charge on any atom is 0.303 e. The molecule has 0 bridgehead atoms. The Morgan fingerprint density at radius 3 is 2.08 bits per heavy atom. The van der Waals surface area contributed by atoms with Gasteiger partial charge in [-0.15, -0.1) is 0 Å². The second-order valence-corrected chi connectivity index (χ2v) is 7.61. The minimum absolute atomic E-state index is 0.0278. The fourth-order valence-corrected chi connectivity index (χ4v) is 3.72. The first-order valence-electron chi connectivity index (χ1n) is 10.4. The van der Waals surface area contributed by atoms with Crippen molar-refractivity contribution in [3.05, 3.63) is 43.2 Å². The zero-order valence-corrected chi connectivity index (χ0v) is 19.3. The maximum atomic E-state index is 11.6. The second kappa shape index (κ2) is 13.0. The Bertz CT molecular complexity index is 1030. The summed E-state index contributed by atoms with van der Waals surface area (Å²) in [5, 5.41) is 21.6. The summed E-state index contributed by atoms with van der Waals surface area (Å²) in [5.74, 6) is -2.20. The van der Waals surface area contributed by atoms with Crippen molar-refractivity contribution in [1.29, 1.82) is 0 Å². The first kappa shape index (κ1) is 28.0. The Morgan fingerprint density at radius 1 is 0.972 bits per heavy atom. The van der Waals surface area contributed by atoms with Gasteiger partial charge >= 0.3 is 17.9 Å². The van der Waals surface area contributed by atoms with Crippen LogP contribution in [0.2, 0.25) is 0 Å². The molecule has 8 atom stereocenters. The minimum atomic E-state index is -1.70. The van der Waals surface area contributed by atoms with E-state index in [0.717, 1.165) is 20.8 Å². The lowest BCUT2D eigenvalue weighted by atomic mass is 9.84. The average Bonchev–Trinajstić information content (AvgIpc) is 2.79. The van der Waals surface area contributed by atoms with Crippen LogP contribution in [-0.2, 0) is 38.1 Å². The third-order valence-corrected chi connectivity index (χ3v) is 5.05. The van der Waals surface area contributed by atoms with Crippen molar-refractivity contribution < 1.29 is 43.2 Å². The minimum Gasteiger partial charge on any atom is -0.465 e. The number of aliphatic hydroxyl groups is 1. The van der Waals surface area contributed by atoms with Crippen LogP contribution in [0.1, 0.15) is 27.2 Å². The third kappa shape index (κ3) is 7.40. The Hall–Kier alpha value is -4.20. The van der Waals surface area contributed by atoms with Gasteiger partial charge in [-0.1, -0.05) is 15.3 Å². The van der Waals surface area contributed by atoms with Crippen molar-refractivity contribution in [1.82, 2.24) is 0 Å². The normalized spacial score (nSPS) is 31.1. The number of carbonyl (C=O) groups is 3. The SMILES string of the molecule is CC(=O)OCC1=CC(OC(C)=O)C(N=[N+]=[N-])[C@@H](O[C@@H]2C(N=[N+]=[N-])CC(N=[N+]=[N-])C(OC(C)=O)C2O)O1. The number of azide groups is 3. The number of hydrogen-bond donors (Lipinski definition) is 1. The number of esters is 3. The summed E-state index contributed by atoms with van der Waals surface area (Å²) in [6, 6.07) is -3.59. The number of rotatable bonds is 9. The lowest BCUT2D eigenvalue weighted by molar-refractivity contribution is -0.231. The molecule has 1 saturated carbocycles. The van der Waals surface area contributed by atoms with Crippen molar-refractivity contribution in [2.75, 3.05) is 6.61 Å². The van der Waals surface area contributed by atoms with Gasteiger partial charge in [-0.3, -0.25) is 14.4 Å². The van der Waals surface area contributed by atoms with Crippen molar-refractivity contribution in [3.63, 3.8) is 0 Å². The molecule has 1 N–H and O–H groups in total. The van der Waals surface area contributed by atoms with Crippen molar-refractivity contribution in [3.8, 4) is 0 Å². The molecule has 0 amide bonds. The van der Waals surface area contributed by atoms with E-state index in [9.17, 15) is 19.5 Å². The molecule has 18 heteroatoms. The molecule has 0 radical (unpaired) electrons. The molecule has 0 aromatic rings. The monoisotopic (exact) mass is 509 g/mol. The summed E-state index contributed by atoms with van der Waals surface area (Å²) in [7, 11) is 0. The highest BCUT2D eigenvalue weighted by molar-refractivity contribution is 5.67. The molecule has 6 unspecified atom stereocenters. The van der Waals surface area contributed by atoms with E-state index in [1.165, 1.54) is 6.08 Å². The quantitative estimate of drug-likeness (QED) is 0.156. The Labute approximate surface area is 202 Å². The molecule has 0 aromatic carbocycles. The number of nitrogens with zero attached hydrogens (tertiary/aromatic N) is 9. The van der Waals surface area contributed by atoms with E-state index < -0.39 is 73.3 Å². The van der Waals surface area contributed by atoms with E-state index in [-0.39, 0.29) is 12.2 Å². The van der Waals surface area contributed by atoms with Crippen molar-refractivity contribution in [2.24, 2.45) is 15.3 Å². The fourth-order valence-electron chi connectivity index (χ4n) is 3.72. The summed E-state index contributed by atoms with van der Waals surface area (Å²) in [5.41, 5.74) is 26.9. The molecular weight excluding hydrogens is 486 g/mol. The highest BCUT2D eigenvalue weighted by Gasteiger charge is 2.49. The first-order chi connectivity index (χ1) is 17.1. The summed E-state index contributed by atoms with van der Waals surface area (Å²) < 4.78 is 26.7. The Balaban J connectivity index is 2.45. The zero-order valence-electron chi connectivity index (χ0n) is 19.3. The topological polar surface area (TPSA) is 264 Å². The summed E-state index contributed by atoms with van der Waals surface area (Å²) in [6.45, 7) is 2.95. The summed E-state index contributed by atoms with van der Waals surface area (Å²) >= 11 is 0. The van der Waals surface area contributed by atoms with Gasteiger partial charge in [0.15, 0.2) is 0 Å². The van der Waals surface area contributed by atoms with Gasteiger partial charge in [-0.05, 0) is 29.1 Å². The smallest absolute Gasteiger partial charge is 0.303 e. The van der Waals surface area contributed by atoms with Crippen LogP contribution < -0.4 is 0 Å². The highest BCUT2D eigenvalue weighted by Crippen LogP contribution is 2.34. The second-order valence-electron chi connectivity index (χ2n) is 7.61. The molecule has 1 aliphatic carbocycles. The van der Waals surface area contributed by atoms with Crippen molar-refractivity contribution in [2.45, 2.75) is 76.0 Å². The van der Waals surface area contributed by atoms with E-state index in [4.69, 9.17) is 40.3 Å². The number of aliphatic hydroxyl groups excluding tert-OH is 1. The fraction of sp³-hybridized carbons (Fsp3) is 0.722. The molecule has 0 spiro atoms. The first-order valence-corrected chi connectivity index (χ1v) is 10.4. The predicted molar refractivity (Wildman–Crippen MR) is 115 cm³/mol. The molecule has 0 saturated heterocycles. The Kier molecular flexibility index (Phi) is 10.2. The Morgan fingerprint density at radius 2 is 1.56 bits per heavy atom. The summed E-state index contributed by atoms with van der Waals surface area (Å²) in [4.78, 5) is 42.6. The van der Waals surface area contributed by atoms with Gasteiger partial charge in [-0.2, -0.15) is 0 Å². The lowest BCUT2D eigenvalue weighted by Crippen LogP contribution is -2.59. The molecule has 1 aliphatic heterocycles. The maximum absolute atomic E-state index is 11.6. The number of ether oxygens (including phenoxy) is 5. The predicted octanol–water partition coefficient (Wildman–Crippen LogP) is 1.84. The van der Waals surface area contributed by atoms with Gasteiger partial charge in [0.25, 0.3) is 0 Å². The standard InChI is InChI=1S/C18H23N9O9/c1-7(28)32-6-10-4-13(33-8(2)29)14(24-27-21)18(35-10)36-17-12(23-26-20)5-11(22-25-19)16(15(17)31)34-9(3)30/h4,11-18,31H,5-6H2,1-3H3/t11?,12?,13?,14?,15?,16?,17-,18-/m1/s1. The summed E-state index contributed by atoms with van der Waals surface area (Å²) in [6.07, 6.45) is -6.20. The van der Waals surface area contributed by atoms with E-state index in [1.54, 1.807) is 0 Å². The molecule has 2 rings (SSSR count). The van der Waals surface area contributed by atoms with Crippen LogP contribution in [0.3, 0.4) is 0 Å². The molecular formula is C18H23N9O9. The molecule has 2 aliphatic rings. The molecule has 0 aromatic heterocycles. The van der Waals surface area contributed by atoms with Gasteiger partial charge in [-0.25, -0.2) is 0 Å². The molecule has 1 heterocycles. The van der Waals surface area contributed by atoms with E-state index in [0.29, 0.717) is 0 Å². The largest absolute Gasteiger partial charge is 0.465 e.